The molecule has 0 aliphatic carbocycles. The Morgan fingerprint density at radius 2 is 2.10 bits per heavy atom. The number of ether oxygens (including phenoxy) is 3. The fourth-order valence-corrected chi connectivity index (χ4v) is 3.29. The van der Waals surface area contributed by atoms with Gasteiger partial charge in [0, 0.05) is 42.5 Å². The molecule has 1 unspecified atom stereocenters. The van der Waals surface area contributed by atoms with Crippen molar-refractivity contribution in [1.82, 2.24) is 4.98 Å². The van der Waals surface area contributed by atoms with Crippen LogP contribution in [0.15, 0.2) is 36.7 Å². The van der Waals surface area contributed by atoms with Crippen LogP contribution in [0.1, 0.15) is 27.2 Å². The van der Waals surface area contributed by atoms with Crippen LogP contribution in [0.5, 0.6) is 5.75 Å². The molecule has 29 heavy (non-hydrogen) atoms. The van der Waals surface area contributed by atoms with E-state index in [1.807, 2.05) is 20.8 Å². The molecule has 6 nitrogen and oxygen atoms in total. The number of aromatic nitrogens is 1. The molecule has 1 aliphatic rings. The van der Waals surface area contributed by atoms with Crippen LogP contribution in [0.3, 0.4) is 0 Å². The Bertz CT molecular complexity index is 860. The van der Waals surface area contributed by atoms with Crippen molar-refractivity contribution < 1.29 is 23.4 Å². The van der Waals surface area contributed by atoms with Crippen molar-refractivity contribution in [3.8, 4) is 16.9 Å². The van der Waals surface area contributed by atoms with Gasteiger partial charge < -0.3 is 14.2 Å². The number of rotatable bonds is 5. The second-order valence-electron chi connectivity index (χ2n) is 8.06. The lowest BCUT2D eigenvalue weighted by molar-refractivity contribution is 0.0573. The zero-order valence-corrected chi connectivity index (χ0v) is 17.3. The molecule has 2 heterocycles. The fourth-order valence-electron chi connectivity index (χ4n) is 3.29. The number of nitrogens with zero attached hydrogens (tertiary/aromatic N) is 2. The SMILES string of the molecule is COc1cc(F)ccc1-c1ccncc1N(CC1CCOC1)C(=O)OC(C)(C)C. The van der Waals surface area contributed by atoms with Gasteiger partial charge in [-0.2, -0.15) is 0 Å². The average molecular weight is 402 g/mol. The van der Waals surface area contributed by atoms with Crippen molar-refractivity contribution >= 4 is 11.8 Å². The molecule has 3 rings (SSSR count). The molecular formula is C22H27FN2O4. The molecule has 7 heteroatoms. The highest BCUT2D eigenvalue weighted by Crippen LogP contribution is 2.37. The molecule has 1 aromatic carbocycles. The molecule has 1 fully saturated rings. The number of amides is 1. The first kappa shape index (κ1) is 21.0. The summed E-state index contributed by atoms with van der Waals surface area (Å²) in [5, 5.41) is 0. The molecule has 0 spiro atoms. The minimum Gasteiger partial charge on any atom is -0.496 e. The quantitative estimate of drug-likeness (QED) is 0.727. The number of anilines is 1. The molecule has 0 radical (unpaired) electrons. The van der Waals surface area contributed by atoms with E-state index in [1.54, 1.807) is 29.4 Å². The maximum absolute atomic E-state index is 13.7. The van der Waals surface area contributed by atoms with Crippen LogP contribution in [0, 0.1) is 11.7 Å². The van der Waals surface area contributed by atoms with Crippen molar-refractivity contribution in [3.63, 3.8) is 0 Å². The molecule has 0 saturated carbocycles. The van der Waals surface area contributed by atoms with Crippen LogP contribution < -0.4 is 9.64 Å². The summed E-state index contributed by atoms with van der Waals surface area (Å²) in [7, 11) is 1.49. The minimum absolute atomic E-state index is 0.200. The van der Waals surface area contributed by atoms with Crippen LogP contribution in [-0.4, -0.2) is 43.5 Å². The molecule has 1 aliphatic heterocycles. The van der Waals surface area contributed by atoms with E-state index in [4.69, 9.17) is 14.2 Å². The van der Waals surface area contributed by atoms with Gasteiger partial charge in [0.1, 0.15) is 17.2 Å². The van der Waals surface area contributed by atoms with Gasteiger partial charge in [-0.25, -0.2) is 9.18 Å². The maximum atomic E-state index is 13.7. The summed E-state index contributed by atoms with van der Waals surface area (Å²) in [5.74, 6) is 0.185. The zero-order valence-electron chi connectivity index (χ0n) is 17.3. The fraction of sp³-hybridized carbons (Fsp3) is 0.455. The highest BCUT2D eigenvalue weighted by atomic mass is 19.1. The first-order valence-corrected chi connectivity index (χ1v) is 9.64. The second kappa shape index (κ2) is 8.78. The smallest absolute Gasteiger partial charge is 0.414 e. The number of carbonyl (C=O) groups is 1. The van der Waals surface area contributed by atoms with Crippen molar-refractivity contribution in [3.05, 3.63) is 42.5 Å². The van der Waals surface area contributed by atoms with E-state index in [9.17, 15) is 9.18 Å². The Morgan fingerprint density at radius 1 is 1.31 bits per heavy atom. The van der Waals surface area contributed by atoms with Crippen molar-refractivity contribution in [2.75, 3.05) is 31.8 Å². The number of hydrogen-bond acceptors (Lipinski definition) is 5. The summed E-state index contributed by atoms with van der Waals surface area (Å²) < 4.78 is 30.2. The summed E-state index contributed by atoms with van der Waals surface area (Å²) in [6.07, 6.45) is 3.67. The summed E-state index contributed by atoms with van der Waals surface area (Å²) >= 11 is 0. The standard InChI is InChI=1S/C22H27FN2O4/c1-22(2,3)29-21(26)25(13-15-8-10-28-14-15)19-12-24-9-7-17(19)18-6-5-16(23)11-20(18)27-4/h5-7,9,11-12,15H,8,10,13-14H2,1-4H3. The Morgan fingerprint density at radius 3 is 2.76 bits per heavy atom. The van der Waals surface area contributed by atoms with Crippen LogP contribution in [0.25, 0.3) is 11.1 Å². The van der Waals surface area contributed by atoms with Gasteiger partial charge in [0.25, 0.3) is 0 Å². The Labute approximate surface area is 170 Å². The van der Waals surface area contributed by atoms with Crippen LogP contribution in [0.4, 0.5) is 14.9 Å². The van der Waals surface area contributed by atoms with E-state index in [0.717, 1.165) is 6.42 Å². The lowest BCUT2D eigenvalue weighted by Gasteiger charge is -2.30. The molecule has 1 atom stereocenters. The van der Waals surface area contributed by atoms with Gasteiger partial charge in [-0.1, -0.05) is 0 Å². The van der Waals surface area contributed by atoms with Gasteiger partial charge in [0.15, 0.2) is 0 Å². The van der Waals surface area contributed by atoms with Gasteiger partial charge >= 0.3 is 6.09 Å². The van der Waals surface area contributed by atoms with Gasteiger partial charge in [-0.15, -0.1) is 0 Å². The Kier molecular flexibility index (Phi) is 6.37. The number of methoxy groups -OCH3 is 1. The van der Waals surface area contributed by atoms with E-state index < -0.39 is 17.5 Å². The predicted molar refractivity (Wildman–Crippen MR) is 109 cm³/mol. The highest BCUT2D eigenvalue weighted by Gasteiger charge is 2.30. The predicted octanol–water partition coefficient (Wildman–Crippen LogP) is 4.67. The lowest BCUT2D eigenvalue weighted by Crippen LogP contribution is -2.40. The molecule has 1 aromatic heterocycles. The summed E-state index contributed by atoms with van der Waals surface area (Å²) in [5.41, 5.74) is 1.32. The number of hydrogen-bond donors (Lipinski definition) is 0. The minimum atomic E-state index is -0.641. The van der Waals surface area contributed by atoms with E-state index in [-0.39, 0.29) is 5.92 Å². The van der Waals surface area contributed by atoms with Gasteiger partial charge in [0.2, 0.25) is 0 Å². The third-order valence-corrected chi connectivity index (χ3v) is 4.62. The topological polar surface area (TPSA) is 60.9 Å². The van der Waals surface area contributed by atoms with E-state index in [0.29, 0.717) is 42.3 Å². The van der Waals surface area contributed by atoms with Crippen molar-refractivity contribution in [2.45, 2.75) is 32.8 Å². The zero-order chi connectivity index (χ0) is 21.0. The van der Waals surface area contributed by atoms with Crippen LogP contribution >= 0.6 is 0 Å². The number of pyridine rings is 1. The molecule has 1 saturated heterocycles. The lowest BCUT2D eigenvalue weighted by atomic mass is 10.0. The van der Waals surface area contributed by atoms with Gasteiger partial charge in [-0.3, -0.25) is 9.88 Å². The molecule has 2 aromatic rings. The number of halogens is 1. The summed E-state index contributed by atoms with van der Waals surface area (Å²) in [4.78, 5) is 18.9. The van der Waals surface area contributed by atoms with Crippen molar-refractivity contribution in [1.29, 1.82) is 0 Å². The molecule has 0 bridgehead atoms. The molecular weight excluding hydrogens is 375 g/mol. The highest BCUT2D eigenvalue weighted by molar-refractivity contribution is 5.94. The monoisotopic (exact) mass is 402 g/mol. The largest absolute Gasteiger partial charge is 0.496 e. The second-order valence-corrected chi connectivity index (χ2v) is 8.06. The molecule has 156 valence electrons. The Hall–Kier alpha value is -2.67. The normalized spacial score (nSPS) is 16.5. The Balaban J connectivity index is 2.05. The summed E-state index contributed by atoms with van der Waals surface area (Å²) in [6.45, 7) is 7.20. The third kappa shape index (κ3) is 5.23. The van der Waals surface area contributed by atoms with E-state index in [1.165, 1.54) is 19.2 Å². The number of benzene rings is 1. The number of carbonyl (C=O) groups excluding carboxylic acids is 1. The van der Waals surface area contributed by atoms with Crippen LogP contribution in [0.2, 0.25) is 0 Å². The van der Waals surface area contributed by atoms with Crippen LogP contribution in [-0.2, 0) is 9.47 Å². The first-order valence-electron chi connectivity index (χ1n) is 9.64. The van der Waals surface area contributed by atoms with E-state index in [2.05, 4.69) is 4.98 Å². The molecule has 1 amide bonds. The van der Waals surface area contributed by atoms with E-state index >= 15 is 0 Å². The summed E-state index contributed by atoms with van der Waals surface area (Å²) in [6, 6.07) is 6.11. The third-order valence-electron chi connectivity index (χ3n) is 4.62. The first-order chi connectivity index (χ1) is 13.8. The van der Waals surface area contributed by atoms with Crippen molar-refractivity contribution in [2.24, 2.45) is 5.92 Å². The van der Waals surface area contributed by atoms with Gasteiger partial charge in [0.05, 0.1) is 25.6 Å². The molecule has 0 N–H and O–H groups in total. The average Bonchev–Trinajstić information content (AvgIpc) is 3.18. The maximum Gasteiger partial charge on any atom is 0.414 e. The van der Waals surface area contributed by atoms with Gasteiger partial charge in [-0.05, 0) is 45.4 Å².